The molecule has 404 valence electrons. The van der Waals surface area contributed by atoms with Crippen LogP contribution in [0.3, 0.4) is 0 Å². The standard InChI is InChI=1S/C27H54N4O13.C15H32N2O7/c1-5-16(33)22(39)23(40)17(34)12-28-20(37)7-6-15(31-21(38)8-10-44-11-9-30-27(2,3)4)26(43)29-13-18(35)24(41)25(42)19(36)14-32;1-15(2,3)17-5-7-24-6-4-12(21)16-8-10(19)13(22)14(23)11(20)9-18/h15-19,22-25,30,32-36,39-42H,5-14H2,1-4H3,(H,28,37)(H,29,43)(H,31,38);10-11,13-14,17-20,22-23H,4-9H2,1-3H3,(H,16,21)/t15?,16-,17+,18+,19-,22-,23-,24-,25-;10-,11+,13+,14+/m10/s1. The largest absolute Gasteiger partial charge is 0.394 e. The first-order valence-corrected chi connectivity index (χ1v) is 22.7. The zero-order valence-corrected chi connectivity index (χ0v) is 40.5. The predicted octanol–water partition coefficient (Wildman–Crippen LogP) is -8.10. The van der Waals surface area contributed by atoms with E-state index in [-0.39, 0.29) is 68.8 Å². The van der Waals surface area contributed by atoms with Gasteiger partial charge in [0.05, 0.1) is 64.1 Å². The van der Waals surface area contributed by atoms with Crippen LogP contribution in [0.2, 0.25) is 0 Å². The molecule has 0 aromatic carbocycles. The molecule has 26 nitrogen and oxygen atoms in total. The van der Waals surface area contributed by atoms with Crippen molar-refractivity contribution in [2.75, 3.05) is 72.4 Å². The number of aliphatic hydroxyl groups excluding tert-OH is 14. The number of amides is 4. The van der Waals surface area contributed by atoms with E-state index in [0.29, 0.717) is 26.3 Å². The van der Waals surface area contributed by atoms with Gasteiger partial charge in [-0.15, -0.1) is 0 Å². The molecule has 0 aromatic rings. The fraction of sp³-hybridized carbons (Fsp3) is 0.905. The van der Waals surface area contributed by atoms with E-state index in [1.54, 1.807) is 6.92 Å². The summed E-state index contributed by atoms with van der Waals surface area (Å²) in [5.41, 5.74) is -0.101. The van der Waals surface area contributed by atoms with Gasteiger partial charge in [0.15, 0.2) is 0 Å². The number of carbonyl (C=O) groups excluding carboxylic acids is 4. The molecule has 0 bridgehead atoms. The minimum absolute atomic E-state index is 0.00583. The highest BCUT2D eigenvalue weighted by Gasteiger charge is 2.33. The maximum atomic E-state index is 12.8. The first-order valence-electron chi connectivity index (χ1n) is 22.7. The van der Waals surface area contributed by atoms with Crippen LogP contribution in [0.15, 0.2) is 0 Å². The highest BCUT2D eigenvalue weighted by molar-refractivity contribution is 5.88. The van der Waals surface area contributed by atoms with Crippen LogP contribution in [0.4, 0.5) is 0 Å². The van der Waals surface area contributed by atoms with Crippen molar-refractivity contribution in [3.8, 4) is 0 Å². The molecule has 0 saturated carbocycles. The summed E-state index contributed by atoms with van der Waals surface area (Å²) in [6.45, 7) is 12.9. The van der Waals surface area contributed by atoms with Crippen LogP contribution < -0.4 is 31.9 Å². The van der Waals surface area contributed by atoms with E-state index >= 15 is 0 Å². The van der Waals surface area contributed by atoms with Crippen molar-refractivity contribution in [2.45, 2.75) is 171 Å². The van der Waals surface area contributed by atoms with Gasteiger partial charge in [0, 0.05) is 63.1 Å². The number of rotatable bonds is 35. The maximum absolute atomic E-state index is 12.8. The van der Waals surface area contributed by atoms with Crippen molar-refractivity contribution in [2.24, 2.45) is 0 Å². The Morgan fingerprint density at radius 1 is 0.456 bits per heavy atom. The molecule has 0 spiro atoms. The summed E-state index contributed by atoms with van der Waals surface area (Å²) < 4.78 is 10.7. The van der Waals surface area contributed by atoms with E-state index in [0.717, 1.165) is 0 Å². The van der Waals surface area contributed by atoms with Gasteiger partial charge < -0.3 is 113 Å². The number of carbonyl (C=O) groups is 4. The Kier molecular flexibility index (Phi) is 35.7. The van der Waals surface area contributed by atoms with Crippen molar-refractivity contribution in [1.82, 2.24) is 31.9 Å². The van der Waals surface area contributed by atoms with E-state index in [1.165, 1.54) is 0 Å². The first kappa shape index (κ1) is 67.2. The molecule has 0 rings (SSSR count). The van der Waals surface area contributed by atoms with E-state index in [4.69, 9.17) is 19.7 Å². The van der Waals surface area contributed by atoms with Crippen molar-refractivity contribution >= 4 is 23.6 Å². The topological polar surface area (TPSA) is 442 Å². The third-order valence-electron chi connectivity index (χ3n) is 9.77. The minimum atomic E-state index is -1.93. The van der Waals surface area contributed by atoms with Gasteiger partial charge in [-0.3, -0.25) is 19.2 Å². The Morgan fingerprint density at radius 3 is 1.16 bits per heavy atom. The summed E-state index contributed by atoms with van der Waals surface area (Å²) in [5.74, 6) is -2.49. The van der Waals surface area contributed by atoms with Crippen LogP contribution in [0.1, 0.15) is 80.6 Å². The SMILES string of the molecule is CC(C)(C)NCCOCCC(=O)NC[C@H](O)[C@@H](O)[C@H](O)[C@H](O)CO.CC[C@@H](O)[C@@H](O)[C@H](O)[C@@H](O)CNC(=O)CCC(NC(=O)CCOCCNC(C)(C)C)C(=O)NC[C@H](O)[C@@H](O)[C@H](O)[C@H](O)CO. The highest BCUT2D eigenvalue weighted by atomic mass is 16.5. The zero-order chi connectivity index (χ0) is 52.8. The molecule has 0 aromatic heterocycles. The van der Waals surface area contributed by atoms with Gasteiger partial charge in [-0.25, -0.2) is 0 Å². The lowest BCUT2D eigenvalue weighted by molar-refractivity contribution is -0.132. The lowest BCUT2D eigenvalue weighted by atomic mass is 10.0. The third kappa shape index (κ3) is 32.1. The minimum Gasteiger partial charge on any atom is -0.394 e. The van der Waals surface area contributed by atoms with E-state index in [1.807, 2.05) is 41.5 Å². The van der Waals surface area contributed by atoms with Gasteiger partial charge >= 0.3 is 0 Å². The van der Waals surface area contributed by atoms with Crippen LogP contribution in [-0.4, -0.2) is 258 Å². The van der Waals surface area contributed by atoms with Gasteiger partial charge in [-0.05, 0) is 54.4 Å². The molecule has 0 fully saturated rings. The molecule has 13 atom stereocenters. The Morgan fingerprint density at radius 2 is 0.794 bits per heavy atom. The quantitative estimate of drug-likeness (QED) is 0.0262. The second-order valence-corrected chi connectivity index (χ2v) is 18.2. The smallest absolute Gasteiger partial charge is 0.242 e. The van der Waals surface area contributed by atoms with Gasteiger partial charge in [0.2, 0.25) is 23.6 Å². The van der Waals surface area contributed by atoms with E-state index in [9.17, 15) is 80.5 Å². The number of hydrogen-bond acceptors (Lipinski definition) is 22. The second-order valence-electron chi connectivity index (χ2n) is 18.2. The third-order valence-corrected chi connectivity index (χ3v) is 9.77. The summed E-state index contributed by atoms with van der Waals surface area (Å²) in [4.78, 5) is 49.3. The molecule has 0 saturated heterocycles. The Balaban J connectivity index is 0. The van der Waals surface area contributed by atoms with Crippen molar-refractivity contribution in [3.63, 3.8) is 0 Å². The van der Waals surface area contributed by atoms with Crippen molar-refractivity contribution in [3.05, 3.63) is 0 Å². The molecule has 26 heteroatoms. The number of aliphatic hydroxyl groups is 14. The number of ether oxygens (including phenoxy) is 2. The molecule has 4 amide bonds. The summed E-state index contributed by atoms with van der Waals surface area (Å²) in [5, 5.41) is 150. The average Bonchev–Trinajstić information content (AvgIpc) is 3.29. The van der Waals surface area contributed by atoms with Crippen LogP contribution in [0, 0.1) is 0 Å². The molecule has 1 unspecified atom stereocenters. The molecule has 20 N–H and O–H groups in total. The average molecular weight is 995 g/mol. The van der Waals surface area contributed by atoms with Gasteiger partial charge in [-0.2, -0.15) is 0 Å². The molecule has 0 aliphatic carbocycles. The summed E-state index contributed by atoms with van der Waals surface area (Å²) in [6, 6.07) is -1.30. The summed E-state index contributed by atoms with van der Waals surface area (Å²) in [7, 11) is 0. The summed E-state index contributed by atoms with van der Waals surface area (Å²) in [6.07, 6.45) is -20.6. The van der Waals surface area contributed by atoms with E-state index < -0.39 is 123 Å². The molecule has 0 heterocycles. The number of hydrogen-bond donors (Lipinski definition) is 20. The van der Waals surface area contributed by atoms with E-state index in [2.05, 4.69) is 31.9 Å². The normalized spacial score (nSPS) is 17.8. The fourth-order valence-corrected chi connectivity index (χ4v) is 5.47. The molecule has 68 heavy (non-hydrogen) atoms. The fourth-order valence-electron chi connectivity index (χ4n) is 5.47. The van der Waals surface area contributed by atoms with Crippen molar-refractivity contribution < 1.29 is 100 Å². The Bertz CT molecular complexity index is 1360. The lowest BCUT2D eigenvalue weighted by Gasteiger charge is -2.26. The maximum Gasteiger partial charge on any atom is 0.242 e. The Labute approximate surface area is 398 Å². The van der Waals surface area contributed by atoms with Crippen LogP contribution >= 0.6 is 0 Å². The summed E-state index contributed by atoms with van der Waals surface area (Å²) >= 11 is 0. The van der Waals surface area contributed by atoms with Crippen molar-refractivity contribution in [1.29, 1.82) is 0 Å². The molecule has 0 radical (unpaired) electrons. The second kappa shape index (κ2) is 36.1. The van der Waals surface area contributed by atoms with Gasteiger partial charge in [0.1, 0.15) is 54.9 Å². The van der Waals surface area contributed by atoms with Gasteiger partial charge in [0.25, 0.3) is 0 Å². The molecule has 0 aliphatic heterocycles. The number of nitrogens with one attached hydrogen (secondary N) is 6. The Hall–Kier alpha value is -2.84. The molecular weight excluding hydrogens is 908 g/mol. The van der Waals surface area contributed by atoms with Gasteiger partial charge in [-0.1, -0.05) is 6.92 Å². The van der Waals surface area contributed by atoms with Crippen LogP contribution in [0.25, 0.3) is 0 Å². The van der Waals surface area contributed by atoms with Crippen LogP contribution in [0.5, 0.6) is 0 Å². The zero-order valence-electron chi connectivity index (χ0n) is 40.5. The molecule has 0 aliphatic rings. The van der Waals surface area contributed by atoms with Crippen LogP contribution in [-0.2, 0) is 28.7 Å². The first-order chi connectivity index (χ1) is 31.5. The molecular formula is C42H86N6O20. The lowest BCUT2D eigenvalue weighted by Crippen LogP contribution is -2.53. The predicted molar refractivity (Wildman–Crippen MR) is 243 cm³/mol. The monoisotopic (exact) mass is 995 g/mol. The highest BCUT2D eigenvalue weighted by Crippen LogP contribution is 2.09.